The summed E-state index contributed by atoms with van der Waals surface area (Å²) >= 11 is 1.80. The van der Waals surface area contributed by atoms with E-state index in [1.807, 2.05) is 0 Å². The van der Waals surface area contributed by atoms with Crippen molar-refractivity contribution in [2.24, 2.45) is 11.1 Å². The maximum Gasteiger partial charge on any atom is 0.238 e. The second-order valence-electron chi connectivity index (χ2n) is 8.41. The van der Waals surface area contributed by atoms with Crippen LogP contribution in [0.5, 0.6) is 0 Å². The number of fused-ring (bicyclic) bond motifs is 3. The topological polar surface area (TPSA) is 118 Å². The Labute approximate surface area is 190 Å². The van der Waals surface area contributed by atoms with Crippen LogP contribution in [-0.2, 0) is 27.7 Å². The summed E-state index contributed by atoms with van der Waals surface area (Å²) in [4.78, 5) is 26.8. The van der Waals surface area contributed by atoms with E-state index in [2.05, 4.69) is 20.2 Å². The maximum absolute atomic E-state index is 12.8. The monoisotopic (exact) mass is 471 g/mol. The molecular formula is C22H25N5O3S2. The number of nitrogens with one attached hydrogen (secondary N) is 1. The van der Waals surface area contributed by atoms with Gasteiger partial charge in [-0.05, 0) is 68.4 Å². The van der Waals surface area contributed by atoms with Gasteiger partial charge >= 0.3 is 0 Å². The molecule has 5 rings (SSSR count). The molecule has 1 aromatic carbocycles. The van der Waals surface area contributed by atoms with Crippen LogP contribution in [0.3, 0.4) is 0 Å². The third kappa shape index (κ3) is 4.10. The highest BCUT2D eigenvalue weighted by Gasteiger charge is 2.28. The first-order valence-electron chi connectivity index (χ1n) is 10.8. The lowest BCUT2D eigenvalue weighted by Gasteiger charge is -2.32. The summed E-state index contributed by atoms with van der Waals surface area (Å²) < 4.78 is 22.8. The number of hydrogen-bond donors (Lipinski definition) is 2. The van der Waals surface area contributed by atoms with Gasteiger partial charge in [0.25, 0.3) is 0 Å². The predicted octanol–water partition coefficient (Wildman–Crippen LogP) is 3.07. The second-order valence-corrected chi connectivity index (χ2v) is 11.1. The van der Waals surface area contributed by atoms with Crippen LogP contribution in [0.2, 0.25) is 0 Å². The molecule has 1 aliphatic heterocycles. The Hall–Kier alpha value is -2.56. The molecule has 1 fully saturated rings. The third-order valence-corrected chi connectivity index (χ3v) is 8.48. The van der Waals surface area contributed by atoms with E-state index in [0.717, 1.165) is 49.4 Å². The number of carbonyl (C=O) groups excluding carboxylic acids is 1. The summed E-state index contributed by atoms with van der Waals surface area (Å²) in [6.07, 6.45) is 7.82. The molecule has 2 aromatic heterocycles. The molecule has 0 saturated carbocycles. The highest BCUT2D eigenvalue weighted by atomic mass is 32.2. The minimum atomic E-state index is -3.75. The van der Waals surface area contributed by atoms with E-state index in [-0.39, 0.29) is 16.7 Å². The number of carbonyl (C=O) groups is 1. The van der Waals surface area contributed by atoms with Gasteiger partial charge in [0.15, 0.2) is 0 Å². The summed E-state index contributed by atoms with van der Waals surface area (Å²) in [6.45, 7) is 1.53. The Morgan fingerprint density at radius 1 is 1.09 bits per heavy atom. The van der Waals surface area contributed by atoms with Gasteiger partial charge in [0.1, 0.15) is 17.0 Å². The number of nitrogens with two attached hydrogens (primary N) is 1. The van der Waals surface area contributed by atoms with Gasteiger partial charge in [0.2, 0.25) is 15.9 Å². The average molecular weight is 472 g/mol. The fraction of sp³-hybridized carbons (Fsp3) is 0.409. The molecule has 168 valence electrons. The number of rotatable bonds is 4. The van der Waals surface area contributed by atoms with E-state index < -0.39 is 10.0 Å². The van der Waals surface area contributed by atoms with Crippen LogP contribution in [0.1, 0.15) is 36.1 Å². The first-order valence-corrected chi connectivity index (χ1v) is 13.2. The van der Waals surface area contributed by atoms with E-state index in [1.54, 1.807) is 29.8 Å². The Balaban J connectivity index is 1.26. The van der Waals surface area contributed by atoms with Crippen LogP contribution in [0.15, 0.2) is 35.5 Å². The van der Waals surface area contributed by atoms with Gasteiger partial charge in [-0.1, -0.05) is 0 Å². The largest absolute Gasteiger partial charge is 0.356 e. The van der Waals surface area contributed by atoms with Crippen molar-refractivity contribution in [3.05, 3.63) is 41.0 Å². The number of piperidine rings is 1. The van der Waals surface area contributed by atoms with Crippen LogP contribution < -0.4 is 15.4 Å². The molecule has 0 unspecified atom stereocenters. The SMILES string of the molecule is NS(=O)(=O)c1ccc(NC(=O)C2CCN(c3ncnc4sc5c(c34)CCCC5)CC2)cc1. The number of aromatic nitrogens is 2. The lowest BCUT2D eigenvalue weighted by atomic mass is 9.94. The van der Waals surface area contributed by atoms with E-state index in [4.69, 9.17) is 5.14 Å². The average Bonchev–Trinajstić information content (AvgIpc) is 3.18. The number of sulfonamides is 1. The molecule has 0 bridgehead atoms. The van der Waals surface area contributed by atoms with Gasteiger partial charge in [-0.3, -0.25) is 4.79 Å². The smallest absolute Gasteiger partial charge is 0.238 e. The number of primary sulfonamides is 1. The number of nitrogens with zero attached hydrogens (tertiary/aromatic N) is 3. The zero-order valence-electron chi connectivity index (χ0n) is 17.6. The van der Waals surface area contributed by atoms with Crippen molar-refractivity contribution in [1.82, 2.24) is 9.97 Å². The molecule has 2 aliphatic rings. The zero-order chi connectivity index (χ0) is 22.3. The lowest BCUT2D eigenvalue weighted by Crippen LogP contribution is -2.38. The van der Waals surface area contributed by atoms with Crippen molar-refractivity contribution < 1.29 is 13.2 Å². The maximum atomic E-state index is 12.8. The number of anilines is 2. The van der Waals surface area contributed by atoms with Gasteiger partial charge in [0.05, 0.1) is 10.3 Å². The third-order valence-electron chi connectivity index (χ3n) is 6.35. The van der Waals surface area contributed by atoms with Gasteiger partial charge < -0.3 is 10.2 Å². The van der Waals surface area contributed by atoms with E-state index in [0.29, 0.717) is 5.69 Å². The number of thiophene rings is 1. The molecule has 10 heteroatoms. The quantitative estimate of drug-likeness (QED) is 0.604. The Bertz CT molecular complexity index is 1260. The van der Waals surface area contributed by atoms with Crippen molar-refractivity contribution in [2.75, 3.05) is 23.3 Å². The number of benzene rings is 1. The molecule has 3 N–H and O–H groups in total. The fourth-order valence-corrected chi connectivity index (χ4v) is 6.38. The normalized spacial score (nSPS) is 17.3. The molecule has 0 atom stereocenters. The highest BCUT2D eigenvalue weighted by Crippen LogP contribution is 2.40. The molecule has 1 amide bonds. The van der Waals surface area contributed by atoms with Gasteiger partial charge in [-0.15, -0.1) is 11.3 Å². The van der Waals surface area contributed by atoms with Crippen LogP contribution in [0.25, 0.3) is 10.2 Å². The van der Waals surface area contributed by atoms with Crippen LogP contribution in [0.4, 0.5) is 11.5 Å². The van der Waals surface area contributed by atoms with E-state index >= 15 is 0 Å². The van der Waals surface area contributed by atoms with Crippen molar-refractivity contribution in [2.45, 2.75) is 43.4 Å². The Kier molecular flexibility index (Phi) is 5.60. The van der Waals surface area contributed by atoms with Crippen LogP contribution >= 0.6 is 11.3 Å². The van der Waals surface area contributed by atoms with E-state index in [1.165, 1.54) is 40.8 Å². The van der Waals surface area contributed by atoms with Crippen LogP contribution in [-0.4, -0.2) is 37.4 Å². The number of amides is 1. The highest BCUT2D eigenvalue weighted by molar-refractivity contribution is 7.89. The first kappa shape index (κ1) is 21.3. The zero-order valence-corrected chi connectivity index (χ0v) is 19.2. The van der Waals surface area contributed by atoms with Crippen molar-refractivity contribution in [3.8, 4) is 0 Å². The molecule has 3 aromatic rings. The molecule has 1 saturated heterocycles. The molecule has 32 heavy (non-hydrogen) atoms. The summed E-state index contributed by atoms with van der Waals surface area (Å²) in [5, 5.41) is 9.23. The summed E-state index contributed by atoms with van der Waals surface area (Å²) in [6, 6.07) is 5.92. The van der Waals surface area contributed by atoms with Crippen molar-refractivity contribution in [3.63, 3.8) is 0 Å². The minimum Gasteiger partial charge on any atom is -0.356 e. The summed E-state index contributed by atoms with van der Waals surface area (Å²) in [7, 11) is -3.75. The molecule has 3 heterocycles. The molecular weight excluding hydrogens is 446 g/mol. The summed E-state index contributed by atoms with van der Waals surface area (Å²) in [5.74, 6) is 0.860. The Morgan fingerprint density at radius 3 is 2.53 bits per heavy atom. The van der Waals surface area contributed by atoms with Crippen LogP contribution in [0, 0.1) is 5.92 Å². The standard InChI is InChI=1S/C22H25N5O3S2/c23-32(29,30)16-7-5-15(6-8-16)26-21(28)14-9-11-27(12-10-14)20-19-17-3-1-2-4-18(17)31-22(19)25-13-24-20/h5-8,13-14H,1-4,9-12H2,(H,26,28)(H2,23,29,30). The number of hydrogen-bond acceptors (Lipinski definition) is 7. The lowest BCUT2D eigenvalue weighted by molar-refractivity contribution is -0.120. The number of aryl methyl sites for hydroxylation is 2. The molecule has 1 aliphatic carbocycles. The minimum absolute atomic E-state index is 0.0237. The second kappa shape index (κ2) is 8.42. The Morgan fingerprint density at radius 2 is 1.81 bits per heavy atom. The fourth-order valence-electron chi connectivity index (χ4n) is 4.64. The molecule has 8 nitrogen and oxygen atoms in total. The van der Waals surface area contributed by atoms with Gasteiger partial charge in [-0.2, -0.15) is 0 Å². The summed E-state index contributed by atoms with van der Waals surface area (Å²) in [5.41, 5.74) is 1.99. The van der Waals surface area contributed by atoms with Crippen molar-refractivity contribution in [1.29, 1.82) is 0 Å². The first-order chi connectivity index (χ1) is 15.4. The van der Waals surface area contributed by atoms with Gasteiger partial charge in [-0.25, -0.2) is 23.5 Å². The van der Waals surface area contributed by atoms with Gasteiger partial charge in [0, 0.05) is 29.6 Å². The molecule has 0 radical (unpaired) electrons. The van der Waals surface area contributed by atoms with Crippen molar-refractivity contribution >= 4 is 49.0 Å². The van der Waals surface area contributed by atoms with E-state index in [9.17, 15) is 13.2 Å². The predicted molar refractivity (Wildman–Crippen MR) is 125 cm³/mol. The molecule has 0 spiro atoms.